The fourth-order valence-electron chi connectivity index (χ4n) is 1.77. The highest BCUT2D eigenvalue weighted by molar-refractivity contribution is 9.10. The van der Waals surface area contributed by atoms with Gasteiger partial charge in [-0.15, -0.1) is 11.8 Å². The third-order valence-corrected chi connectivity index (χ3v) is 4.52. The maximum absolute atomic E-state index is 9.22. The van der Waals surface area contributed by atoms with E-state index in [1.165, 1.54) is 0 Å². The molecule has 0 aliphatic carbocycles. The third kappa shape index (κ3) is 2.53. The van der Waals surface area contributed by atoms with Crippen LogP contribution in [0.15, 0.2) is 22.8 Å². The van der Waals surface area contributed by atoms with E-state index < -0.39 is 0 Å². The lowest BCUT2D eigenvalue weighted by molar-refractivity contribution is 0.662. The van der Waals surface area contributed by atoms with E-state index in [2.05, 4.69) is 27.0 Å². The first kappa shape index (κ1) is 11.0. The average Bonchev–Trinajstić information content (AvgIpc) is 2.71. The van der Waals surface area contributed by atoms with Gasteiger partial charge in [0.25, 0.3) is 0 Å². The van der Waals surface area contributed by atoms with Gasteiger partial charge in [-0.05, 0) is 46.7 Å². The zero-order chi connectivity index (χ0) is 10.7. The molecule has 2 nitrogen and oxygen atoms in total. The van der Waals surface area contributed by atoms with Gasteiger partial charge in [0.1, 0.15) is 4.75 Å². The number of pyridine rings is 1. The van der Waals surface area contributed by atoms with Gasteiger partial charge in [-0.3, -0.25) is 4.98 Å². The van der Waals surface area contributed by atoms with Crippen LogP contribution in [0.3, 0.4) is 0 Å². The molecule has 1 aromatic heterocycles. The Labute approximate surface area is 102 Å². The maximum atomic E-state index is 9.22. The quantitative estimate of drug-likeness (QED) is 0.836. The lowest BCUT2D eigenvalue weighted by atomic mass is 9.98. The Morgan fingerprint density at radius 3 is 3.00 bits per heavy atom. The second kappa shape index (κ2) is 4.54. The van der Waals surface area contributed by atoms with E-state index in [0.717, 1.165) is 35.2 Å². The minimum atomic E-state index is -0.221. The number of thioether (sulfide) groups is 1. The molecule has 0 N–H and O–H groups in total. The summed E-state index contributed by atoms with van der Waals surface area (Å²) < 4.78 is 0.761. The second-order valence-electron chi connectivity index (χ2n) is 3.70. The number of hydrogen-bond acceptors (Lipinski definition) is 3. The van der Waals surface area contributed by atoms with E-state index in [-0.39, 0.29) is 4.75 Å². The number of halogens is 1. The molecule has 0 spiro atoms. The molecule has 0 radical (unpaired) electrons. The molecule has 1 aromatic rings. The summed E-state index contributed by atoms with van der Waals surface area (Å²) in [6, 6.07) is 6.42. The summed E-state index contributed by atoms with van der Waals surface area (Å²) in [4.78, 5) is 4.32. The third-order valence-electron chi connectivity index (χ3n) is 2.56. The van der Waals surface area contributed by atoms with Crippen LogP contribution in [0.2, 0.25) is 0 Å². The van der Waals surface area contributed by atoms with Gasteiger partial charge in [-0.2, -0.15) is 5.26 Å². The molecule has 2 rings (SSSR count). The van der Waals surface area contributed by atoms with Crippen molar-refractivity contribution in [2.24, 2.45) is 0 Å². The van der Waals surface area contributed by atoms with E-state index in [9.17, 15) is 5.26 Å². The monoisotopic (exact) mass is 282 g/mol. The Kier molecular flexibility index (Phi) is 3.32. The van der Waals surface area contributed by atoms with Crippen molar-refractivity contribution in [3.8, 4) is 6.07 Å². The fourth-order valence-corrected chi connectivity index (χ4v) is 3.29. The molecule has 1 aliphatic heterocycles. The molecule has 4 heteroatoms. The van der Waals surface area contributed by atoms with Crippen molar-refractivity contribution in [3.05, 3.63) is 28.5 Å². The van der Waals surface area contributed by atoms with Crippen molar-refractivity contribution >= 4 is 27.7 Å². The molecule has 15 heavy (non-hydrogen) atoms. The van der Waals surface area contributed by atoms with E-state index in [1.807, 2.05) is 12.1 Å². The van der Waals surface area contributed by atoms with Gasteiger partial charge in [-0.25, -0.2) is 0 Å². The van der Waals surface area contributed by atoms with Crippen LogP contribution in [-0.4, -0.2) is 15.5 Å². The van der Waals surface area contributed by atoms with Crippen LogP contribution in [0.25, 0.3) is 0 Å². The zero-order valence-corrected chi connectivity index (χ0v) is 10.6. The van der Waals surface area contributed by atoms with E-state index in [0.29, 0.717) is 0 Å². The molecule has 0 aromatic carbocycles. The number of hydrogen-bond donors (Lipinski definition) is 0. The number of aromatic nitrogens is 1. The first-order valence-electron chi connectivity index (χ1n) is 4.90. The Bertz CT molecular complexity index is 377. The molecular weight excluding hydrogens is 272 g/mol. The maximum Gasteiger partial charge on any atom is 0.108 e. The molecule has 0 saturated carbocycles. The highest BCUT2D eigenvalue weighted by Crippen LogP contribution is 2.39. The predicted octanol–water partition coefficient (Wildman–Crippen LogP) is 3.18. The lowest BCUT2D eigenvalue weighted by Crippen LogP contribution is -2.22. The van der Waals surface area contributed by atoms with E-state index in [1.54, 1.807) is 18.0 Å². The van der Waals surface area contributed by atoms with Crippen molar-refractivity contribution in [2.75, 3.05) is 5.75 Å². The number of rotatable bonds is 2. The van der Waals surface area contributed by atoms with Gasteiger partial charge < -0.3 is 0 Å². The van der Waals surface area contributed by atoms with Crippen molar-refractivity contribution in [3.63, 3.8) is 0 Å². The average molecular weight is 283 g/mol. The summed E-state index contributed by atoms with van der Waals surface area (Å²) in [6.07, 6.45) is 4.70. The van der Waals surface area contributed by atoms with E-state index in [4.69, 9.17) is 0 Å². The van der Waals surface area contributed by atoms with Crippen LogP contribution in [0.4, 0.5) is 0 Å². The van der Waals surface area contributed by atoms with Crippen molar-refractivity contribution < 1.29 is 0 Å². The van der Waals surface area contributed by atoms with Crippen molar-refractivity contribution in [1.29, 1.82) is 5.26 Å². The van der Waals surface area contributed by atoms with Gasteiger partial charge in [0.2, 0.25) is 0 Å². The summed E-state index contributed by atoms with van der Waals surface area (Å²) in [5.41, 5.74) is 1.01. The Hall–Kier alpha value is -0.530. The molecule has 1 fully saturated rings. The molecule has 78 valence electrons. The summed E-state index contributed by atoms with van der Waals surface area (Å²) in [6.45, 7) is 0. The van der Waals surface area contributed by atoms with Crippen LogP contribution < -0.4 is 0 Å². The van der Waals surface area contributed by atoms with Crippen LogP contribution in [0, 0.1) is 11.3 Å². The molecule has 1 atom stereocenters. The SMILES string of the molecule is N#CC1(Cc2ccc(Br)cn2)CCCS1. The number of nitriles is 1. The normalized spacial score (nSPS) is 25.1. The summed E-state index contributed by atoms with van der Waals surface area (Å²) in [5, 5.41) is 9.22. The molecule has 2 heterocycles. The minimum Gasteiger partial charge on any atom is -0.260 e. The minimum absolute atomic E-state index is 0.221. The summed E-state index contributed by atoms with van der Waals surface area (Å²) in [5.74, 6) is 1.10. The van der Waals surface area contributed by atoms with Crippen molar-refractivity contribution in [2.45, 2.75) is 24.0 Å². The Morgan fingerprint density at radius 2 is 2.47 bits per heavy atom. The first-order valence-corrected chi connectivity index (χ1v) is 6.68. The fraction of sp³-hybridized carbons (Fsp3) is 0.455. The zero-order valence-electron chi connectivity index (χ0n) is 8.24. The topological polar surface area (TPSA) is 36.7 Å². The lowest BCUT2D eigenvalue weighted by Gasteiger charge is -2.18. The van der Waals surface area contributed by atoms with Gasteiger partial charge in [0.15, 0.2) is 0 Å². The summed E-state index contributed by atoms with van der Waals surface area (Å²) in [7, 11) is 0. The highest BCUT2D eigenvalue weighted by Gasteiger charge is 2.35. The Balaban J connectivity index is 2.14. The highest BCUT2D eigenvalue weighted by atomic mass is 79.9. The predicted molar refractivity (Wildman–Crippen MR) is 65.7 cm³/mol. The summed E-state index contributed by atoms with van der Waals surface area (Å²) >= 11 is 5.13. The standard InChI is InChI=1S/C11H11BrN2S/c12-9-2-3-10(14-7-9)6-11(8-13)4-1-5-15-11/h2-3,7H,1,4-6H2. The molecule has 0 amide bonds. The smallest absolute Gasteiger partial charge is 0.108 e. The molecular formula is C11H11BrN2S. The van der Waals surface area contributed by atoms with Crippen LogP contribution in [-0.2, 0) is 6.42 Å². The van der Waals surface area contributed by atoms with E-state index >= 15 is 0 Å². The van der Waals surface area contributed by atoms with Gasteiger partial charge in [0.05, 0.1) is 6.07 Å². The number of nitrogens with zero attached hydrogens (tertiary/aromatic N) is 2. The molecule has 1 saturated heterocycles. The van der Waals surface area contributed by atoms with Crippen molar-refractivity contribution in [1.82, 2.24) is 4.98 Å². The van der Waals surface area contributed by atoms with Gasteiger partial charge >= 0.3 is 0 Å². The van der Waals surface area contributed by atoms with Gasteiger partial charge in [0, 0.05) is 22.8 Å². The van der Waals surface area contributed by atoms with Crippen LogP contribution >= 0.6 is 27.7 Å². The molecule has 0 bridgehead atoms. The Morgan fingerprint density at radius 1 is 1.60 bits per heavy atom. The van der Waals surface area contributed by atoms with Crippen LogP contribution in [0.1, 0.15) is 18.5 Å². The van der Waals surface area contributed by atoms with Gasteiger partial charge in [-0.1, -0.05) is 0 Å². The first-order chi connectivity index (χ1) is 7.24. The largest absolute Gasteiger partial charge is 0.260 e. The molecule has 1 unspecified atom stereocenters. The molecule has 1 aliphatic rings. The van der Waals surface area contributed by atoms with Crippen LogP contribution in [0.5, 0.6) is 0 Å². The second-order valence-corrected chi connectivity index (χ2v) is 6.10.